The molecule has 0 spiro atoms. The van der Waals surface area contributed by atoms with Crippen LogP contribution in [0.25, 0.3) is 17.0 Å². The summed E-state index contributed by atoms with van der Waals surface area (Å²) in [6.45, 7) is 1.90. The number of hydrogen-bond donors (Lipinski definition) is 1. The van der Waals surface area contributed by atoms with Crippen LogP contribution in [0.2, 0.25) is 0 Å². The molecule has 0 aliphatic rings. The number of aryl methyl sites for hydroxylation is 1. The molecule has 17 heavy (non-hydrogen) atoms. The molecule has 1 aromatic heterocycles. The molecule has 0 saturated heterocycles. The van der Waals surface area contributed by atoms with Gasteiger partial charge in [0, 0.05) is 20.7 Å². The molecule has 4 heteroatoms. The number of fused-ring (bicyclic) bond motifs is 1. The first kappa shape index (κ1) is 12.0. The summed E-state index contributed by atoms with van der Waals surface area (Å²) in [5.74, 6) is -0.946. The van der Waals surface area contributed by atoms with Crippen molar-refractivity contribution in [1.82, 2.24) is 4.98 Å². The summed E-state index contributed by atoms with van der Waals surface area (Å²) in [5.41, 5.74) is 2.65. The lowest BCUT2D eigenvalue weighted by molar-refractivity contribution is -0.131. The topological polar surface area (TPSA) is 50.2 Å². The Labute approximate surface area is 112 Å². The number of halogens is 1. The van der Waals surface area contributed by atoms with E-state index in [4.69, 9.17) is 5.11 Å². The molecule has 0 saturated carbocycles. The molecule has 1 aromatic carbocycles. The fraction of sp³-hybridized carbons (Fsp3) is 0.0769. The van der Waals surface area contributed by atoms with E-state index in [0.717, 1.165) is 31.8 Å². The molecule has 0 amide bonds. The average Bonchev–Trinajstić information content (AvgIpc) is 2.26. The van der Waals surface area contributed by atoms with Crippen molar-refractivity contribution in [3.8, 4) is 0 Å². The summed E-state index contributed by atoms with van der Waals surface area (Å²) in [7, 11) is 0. The van der Waals surface area contributed by atoms with Gasteiger partial charge in [-0.15, -0.1) is 0 Å². The monoisotopic (exact) mass is 339 g/mol. The summed E-state index contributed by atoms with van der Waals surface area (Å²) >= 11 is 2.23. The van der Waals surface area contributed by atoms with Gasteiger partial charge in [-0.25, -0.2) is 4.79 Å². The normalized spacial score (nSPS) is 11.2. The SMILES string of the molecule is Cc1cc(/C=C/C(=O)O)c2cc(I)ccc2n1. The second kappa shape index (κ2) is 4.83. The number of aromatic nitrogens is 1. The van der Waals surface area contributed by atoms with Crippen LogP contribution >= 0.6 is 22.6 Å². The van der Waals surface area contributed by atoms with Crippen LogP contribution in [-0.2, 0) is 4.79 Å². The van der Waals surface area contributed by atoms with E-state index in [1.165, 1.54) is 0 Å². The smallest absolute Gasteiger partial charge is 0.328 e. The molecule has 86 valence electrons. The van der Waals surface area contributed by atoms with Crippen molar-refractivity contribution in [3.63, 3.8) is 0 Å². The first-order valence-electron chi connectivity index (χ1n) is 5.04. The number of carboxylic acids is 1. The molecular weight excluding hydrogens is 329 g/mol. The van der Waals surface area contributed by atoms with Crippen LogP contribution in [0.4, 0.5) is 0 Å². The molecule has 2 rings (SSSR count). The van der Waals surface area contributed by atoms with E-state index in [2.05, 4.69) is 27.6 Å². The molecular formula is C13H10INO2. The minimum Gasteiger partial charge on any atom is -0.478 e. The van der Waals surface area contributed by atoms with E-state index < -0.39 is 5.97 Å². The van der Waals surface area contributed by atoms with Crippen molar-refractivity contribution in [2.45, 2.75) is 6.92 Å². The maximum absolute atomic E-state index is 10.6. The number of carboxylic acid groups (broad SMARTS) is 1. The number of benzene rings is 1. The second-order valence-corrected chi connectivity index (χ2v) is 4.93. The number of nitrogens with zero attached hydrogens (tertiary/aromatic N) is 1. The third-order valence-electron chi connectivity index (χ3n) is 2.34. The standard InChI is InChI=1S/C13H10INO2/c1-8-6-9(2-5-13(16)17)11-7-10(14)3-4-12(11)15-8/h2-7H,1H3,(H,16,17)/b5-2+. The molecule has 1 N–H and O–H groups in total. The van der Waals surface area contributed by atoms with E-state index in [-0.39, 0.29) is 0 Å². The summed E-state index contributed by atoms with van der Waals surface area (Å²) < 4.78 is 1.10. The Hall–Kier alpha value is -1.43. The Morgan fingerprint density at radius 2 is 2.18 bits per heavy atom. The lowest BCUT2D eigenvalue weighted by Crippen LogP contribution is -1.90. The number of carbonyl (C=O) groups is 1. The lowest BCUT2D eigenvalue weighted by atomic mass is 10.1. The summed E-state index contributed by atoms with van der Waals surface area (Å²) in [6, 6.07) is 7.82. The van der Waals surface area contributed by atoms with Crippen LogP contribution in [0.5, 0.6) is 0 Å². The van der Waals surface area contributed by atoms with E-state index in [9.17, 15) is 4.79 Å². The van der Waals surface area contributed by atoms with E-state index in [0.29, 0.717) is 0 Å². The van der Waals surface area contributed by atoms with E-state index in [1.54, 1.807) is 6.08 Å². The van der Waals surface area contributed by atoms with Crippen LogP contribution in [0.3, 0.4) is 0 Å². The van der Waals surface area contributed by atoms with Crippen molar-refractivity contribution in [2.75, 3.05) is 0 Å². The van der Waals surface area contributed by atoms with Crippen LogP contribution in [0, 0.1) is 10.5 Å². The van der Waals surface area contributed by atoms with Gasteiger partial charge in [-0.05, 0) is 65.4 Å². The zero-order valence-electron chi connectivity index (χ0n) is 9.14. The zero-order chi connectivity index (χ0) is 12.4. The third-order valence-corrected chi connectivity index (χ3v) is 3.01. The highest BCUT2D eigenvalue weighted by Crippen LogP contribution is 2.22. The summed E-state index contributed by atoms with van der Waals surface area (Å²) in [6.07, 6.45) is 2.75. The van der Waals surface area contributed by atoms with Gasteiger partial charge in [0.2, 0.25) is 0 Å². The quantitative estimate of drug-likeness (QED) is 0.675. The minimum atomic E-state index is -0.946. The van der Waals surface area contributed by atoms with Crippen LogP contribution in [0.1, 0.15) is 11.3 Å². The van der Waals surface area contributed by atoms with Gasteiger partial charge in [0.1, 0.15) is 0 Å². The van der Waals surface area contributed by atoms with Gasteiger partial charge in [0.25, 0.3) is 0 Å². The molecule has 2 aromatic rings. The summed E-state index contributed by atoms with van der Waals surface area (Å²) in [4.78, 5) is 15.0. The largest absolute Gasteiger partial charge is 0.478 e. The molecule has 0 radical (unpaired) electrons. The molecule has 0 aliphatic heterocycles. The number of rotatable bonds is 2. The highest BCUT2D eigenvalue weighted by molar-refractivity contribution is 14.1. The Morgan fingerprint density at radius 1 is 1.41 bits per heavy atom. The van der Waals surface area contributed by atoms with Gasteiger partial charge in [-0.2, -0.15) is 0 Å². The first-order valence-corrected chi connectivity index (χ1v) is 6.12. The molecule has 0 unspecified atom stereocenters. The van der Waals surface area contributed by atoms with Gasteiger partial charge in [-0.3, -0.25) is 4.98 Å². The van der Waals surface area contributed by atoms with Crippen LogP contribution in [-0.4, -0.2) is 16.1 Å². The Morgan fingerprint density at radius 3 is 2.88 bits per heavy atom. The lowest BCUT2D eigenvalue weighted by Gasteiger charge is -2.04. The van der Waals surface area contributed by atoms with Gasteiger partial charge in [0.05, 0.1) is 5.52 Å². The van der Waals surface area contributed by atoms with Gasteiger partial charge < -0.3 is 5.11 Å². The molecule has 0 fully saturated rings. The van der Waals surface area contributed by atoms with Crippen molar-refractivity contribution < 1.29 is 9.90 Å². The molecule has 1 heterocycles. The van der Waals surface area contributed by atoms with Gasteiger partial charge in [0.15, 0.2) is 0 Å². The fourth-order valence-corrected chi connectivity index (χ4v) is 2.15. The van der Waals surface area contributed by atoms with Crippen molar-refractivity contribution in [3.05, 3.63) is 45.2 Å². The second-order valence-electron chi connectivity index (χ2n) is 3.69. The highest BCUT2D eigenvalue weighted by Gasteiger charge is 2.02. The van der Waals surface area contributed by atoms with E-state index >= 15 is 0 Å². The number of aliphatic carboxylic acids is 1. The average molecular weight is 339 g/mol. The Kier molecular flexibility index (Phi) is 3.42. The zero-order valence-corrected chi connectivity index (χ0v) is 11.3. The maximum Gasteiger partial charge on any atom is 0.328 e. The number of pyridine rings is 1. The predicted octanol–water partition coefficient (Wildman–Crippen LogP) is 3.25. The Balaban J connectivity index is 2.67. The molecule has 0 atom stereocenters. The molecule has 0 bridgehead atoms. The minimum absolute atomic E-state index is 0.878. The van der Waals surface area contributed by atoms with Crippen molar-refractivity contribution in [2.24, 2.45) is 0 Å². The molecule has 0 aliphatic carbocycles. The van der Waals surface area contributed by atoms with Gasteiger partial charge >= 0.3 is 5.97 Å². The summed E-state index contributed by atoms with van der Waals surface area (Å²) in [5, 5.41) is 9.64. The molecule has 3 nitrogen and oxygen atoms in total. The fourth-order valence-electron chi connectivity index (χ4n) is 1.66. The maximum atomic E-state index is 10.6. The van der Waals surface area contributed by atoms with Crippen LogP contribution in [0.15, 0.2) is 30.3 Å². The van der Waals surface area contributed by atoms with Gasteiger partial charge in [-0.1, -0.05) is 0 Å². The van der Waals surface area contributed by atoms with Crippen LogP contribution < -0.4 is 0 Å². The predicted molar refractivity (Wildman–Crippen MR) is 75.9 cm³/mol. The first-order chi connectivity index (χ1) is 8.06. The Bertz CT molecular complexity index is 620. The third kappa shape index (κ3) is 2.82. The highest BCUT2D eigenvalue weighted by atomic mass is 127. The van der Waals surface area contributed by atoms with E-state index in [1.807, 2.05) is 31.2 Å². The van der Waals surface area contributed by atoms with Crippen molar-refractivity contribution >= 4 is 45.5 Å². The number of hydrogen-bond acceptors (Lipinski definition) is 2. The van der Waals surface area contributed by atoms with Crippen molar-refractivity contribution in [1.29, 1.82) is 0 Å².